The molecule has 0 bridgehead atoms. The molecule has 2 nitrogen and oxygen atoms in total. The smallest absolute Gasteiger partial charge is 0.0624 e. The van der Waals surface area contributed by atoms with Gasteiger partial charge < -0.3 is 5.32 Å². The van der Waals surface area contributed by atoms with Gasteiger partial charge in [-0.1, -0.05) is 24.6 Å². The number of hydrogen-bond donors (Lipinski definition) is 1. The fraction of sp³-hybridized carbons (Fsp3) is 0.533. The van der Waals surface area contributed by atoms with E-state index in [-0.39, 0.29) is 0 Å². The normalized spacial score (nSPS) is 30.6. The monoisotopic (exact) mass is 226 g/mol. The van der Waals surface area contributed by atoms with Crippen LogP contribution in [0.3, 0.4) is 0 Å². The summed E-state index contributed by atoms with van der Waals surface area (Å²) in [4.78, 5) is 0. The van der Waals surface area contributed by atoms with E-state index in [4.69, 9.17) is 5.26 Å². The fourth-order valence-electron chi connectivity index (χ4n) is 3.51. The highest BCUT2D eigenvalue weighted by Crippen LogP contribution is 2.40. The van der Waals surface area contributed by atoms with Crippen molar-refractivity contribution in [3.8, 4) is 6.07 Å². The number of hydrogen-bond acceptors (Lipinski definition) is 2. The van der Waals surface area contributed by atoms with E-state index in [9.17, 15) is 0 Å². The molecule has 0 aromatic heterocycles. The summed E-state index contributed by atoms with van der Waals surface area (Å²) in [6, 6.07) is 11.6. The van der Waals surface area contributed by atoms with Crippen LogP contribution in [0.4, 0.5) is 5.69 Å². The summed E-state index contributed by atoms with van der Waals surface area (Å²) in [7, 11) is 0. The van der Waals surface area contributed by atoms with Gasteiger partial charge in [0.05, 0.1) is 6.07 Å². The zero-order chi connectivity index (χ0) is 11.7. The van der Waals surface area contributed by atoms with Crippen LogP contribution in [-0.4, -0.2) is 6.04 Å². The molecule has 1 aromatic carbocycles. The summed E-state index contributed by atoms with van der Waals surface area (Å²) < 4.78 is 0. The maximum Gasteiger partial charge on any atom is 0.0624 e. The first kappa shape index (κ1) is 10.7. The van der Waals surface area contributed by atoms with Gasteiger partial charge in [0, 0.05) is 18.2 Å². The lowest BCUT2D eigenvalue weighted by Crippen LogP contribution is -2.42. The van der Waals surface area contributed by atoms with Gasteiger partial charge in [-0.25, -0.2) is 0 Å². The first-order valence-corrected chi connectivity index (χ1v) is 6.60. The van der Waals surface area contributed by atoms with Crippen LogP contribution in [0.1, 0.15) is 31.2 Å². The van der Waals surface area contributed by atoms with Crippen molar-refractivity contribution in [2.75, 3.05) is 5.32 Å². The molecule has 88 valence electrons. The second kappa shape index (κ2) is 4.41. The van der Waals surface area contributed by atoms with E-state index >= 15 is 0 Å². The van der Waals surface area contributed by atoms with Crippen molar-refractivity contribution < 1.29 is 0 Å². The predicted molar refractivity (Wildman–Crippen MR) is 68.6 cm³/mol. The highest BCUT2D eigenvalue weighted by Gasteiger charge is 2.36. The number of fused-ring (bicyclic) bond motifs is 2. The molecule has 3 rings (SSSR count). The molecule has 2 heteroatoms. The first-order valence-electron chi connectivity index (χ1n) is 6.60. The molecule has 3 atom stereocenters. The fourth-order valence-corrected chi connectivity index (χ4v) is 3.51. The van der Waals surface area contributed by atoms with Crippen LogP contribution < -0.4 is 5.32 Å². The minimum Gasteiger partial charge on any atom is -0.382 e. The molecule has 1 saturated carbocycles. The van der Waals surface area contributed by atoms with Crippen LogP contribution in [0.5, 0.6) is 0 Å². The van der Waals surface area contributed by atoms with E-state index in [1.54, 1.807) is 0 Å². The van der Waals surface area contributed by atoms with Crippen molar-refractivity contribution in [3.63, 3.8) is 0 Å². The molecule has 0 radical (unpaired) electrons. The number of nitrogens with zero attached hydrogens (tertiary/aromatic N) is 1. The first-order chi connectivity index (χ1) is 8.38. The molecule has 1 heterocycles. The Morgan fingerprint density at radius 3 is 3.06 bits per heavy atom. The molecule has 1 aromatic rings. The summed E-state index contributed by atoms with van der Waals surface area (Å²) in [5, 5.41) is 12.6. The largest absolute Gasteiger partial charge is 0.382 e. The molecule has 1 aliphatic carbocycles. The molecule has 1 N–H and O–H groups in total. The summed E-state index contributed by atoms with van der Waals surface area (Å²) in [5.41, 5.74) is 2.74. The van der Waals surface area contributed by atoms with Gasteiger partial charge >= 0.3 is 0 Å². The topological polar surface area (TPSA) is 35.8 Å². The van der Waals surface area contributed by atoms with Gasteiger partial charge in [-0.05, 0) is 42.7 Å². The van der Waals surface area contributed by atoms with Gasteiger partial charge in [-0.3, -0.25) is 0 Å². The van der Waals surface area contributed by atoms with Gasteiger partial charge in [0.25, 0.3) is 0 Å². The summed E-state index contributed by atoms with van der Waals surface area (Å²) >= 11 is 0. The summed E-state index contributed by atoms with van der Waals surface area (Å²) in [6.45, 7) is 0. The number of benzene rings is 1. The summed E-state index contributed by atoms with van der Waals surface area (Å²) in [6.07, 6.45) is 5.65. The van der Waals surface area contributed by atoms with E-state index in [1.165, 1.54) is 30.5 Å². The van der Waals surface area contributed by atoms with E-state index in [0.29, 0.717) is 17.9 Å². The standard InChI is InChI=1S/C15H18N2/c16-9-8-11-5-3-7-15-13(11)10-12-4-1-2-6-14(12)17-15/h1-2,4,6,11,13,15,17H,3,5,7-8,10H2/t11-,13?,15+/m1/s1. The third kappa shape index (κ3) is 1.91. The summed E-state index contributed by atoms with van der Waals surface area (Å²) in [5.74, 6) is 1.26. The Morgan fingerprint density at radius 2 is 2.18 bits per heavy atom. The van der Waals surface area contributed by atoms with Crippen LogP contribution in [0.2, 0.25) is 0 Å². The van der Waals surface area contributed by atoms with E-state index < -0.39 is 0 Å². The molecule has 0 spiro atoms. The zero-order valence-electron chi connectivity index (χ0n) is 10.0. The van der Waals surface area contributed by atoms with Gasteiger partial charge in [0.15, 0.2) is 0 Å². The second-order valence-electron chi connectivity index (χ2n) is 5.33. The number of anilines is 1. The van der Waals surface area contributed by atoms with Gasteiger partial charge in [-0.15, -0.1) is 0 Å². The molecule has 0 amide bonds. The van der Waals surface area contributed by atoms with Crippen molar-refractivity contribution in [1.29, 1.82) is 5.26 Å². The van der Waals surface area contributed by atoms with Crippen molar-refractivity contribution >= 4 is 5.69 Å². The zero-order valence-corrected chi connectivity index (χ0v) is 10.0. The van der Waals surface area contributed by atoms with Crippen LogP contribution in [0.15, 0.2) is 24.3 Å². The maximum atomic E-state index is 8.93. The Bertz CT molecular complexity index is 446. The Morgan fingerprint density at radius 1 is 1.29 bits per heavy atom. The lowest BCUT2D eigenvalue weighted by atomic mass is 9.70. The number of nitriles is 1. The van der Waals surface area contributed by atoms with E-state index in [1.807, 2.05) is 0 Å². The Labute approximate surface area is 103 Å². The third-order valence-electron chi connectivity index (χ3n) is 4.38. The van der Waals surface area contributed by atoms with Crippen LogP contribution >= 0.6 is 0 Å². The Kier molecular flexibility index (Phi) is 2.76. The highest BCUT2D eigenvalue weighted by atomic mass is 14.9. The Balaban J connectivity index is 1.87. The van der Waals surface area contributed by atoms with Crippen molar-refractivity contribution in [2.45, 2.75) is 38.1 Å². The van der Waals surface area contributed by atoms with Crippen LogP contribution in [0.25, 0.3) is 0 Å². The van der Waals surface area contributed by atoms with Gasteiger partial charge in [0.1, 0.15) is 0 Å². The molecule has 1 unspecified atom stereocenters. The molecule has 17 heavy (non-hydrogen) atoms. The maximum absolute atomic E-state index is 8.93. The SMILES string of the molecule is N#CC[C@H]1CCC[C@@H]2Nc3ccccc3CC12. The molecular formula is C15H18N2. The number of para-hydroxylation sites is 1. The molecular weight excluding hydrogens is 208 g/mol. The average molecular weight is 226 g/mol. The average Bonchev–Trinajstić information content (AvgIpc) is 2.37. The minimum absolute atomic E-state index is 0.594. The molecule has 1 aliphatic heterocycles. The molecule has 1 fully saturated rings. The quantitative estimate of drug-likeness (QED) is 0.797. The van der Waals surface area contributed by atoms with Crippen LogP contribution in [-0.2, 0) is 6.42 Å². The highest BCUT2D eigenvalue weighted by molar-refractivity contribution is 5.54. The van der Waals surface area contributed by atoms with Crippen molar-refractivity contribution in [1.82, 2.24) is 0 Å². The Hall–Kier alpha value is -1.49. The molecule has 0 saturated heterocycles. The lowest BCUT2D eigenvalue weighted by molar-refractivity contribution is 0.212. The third-order valence-corrected chi connectivity index (χ3v) is 4.38. The minimum atomic E-state index is 0.594. The van der Waals surface area contributed by atoms with Crippen molar-refractivity contribution in [3.05, 3.63) is 29.8 Å². The number of rotatable bonds is 1. The van der Waals surface area contributed by atoms with Crippen LogP contribution in [0, 0.1) is 23.2 Å². The molecule has 2 aliphatic rings. The predicted octanol–water partition coefficient (Wildman–Crippen LogP) is 3.35. The second-order valence-corrected chi connectivity index (χ2v) is 5.33. The number of nitrogens with one attached hydrogen (secondary N) is 1. The van der Waals surface area contributed by atoms with Gasteiger partial charge in [-0.2, -0.15) is 5.26 Å². The van der Waals surface area contributed by atoms with Crippen molar-refractivity contribution in [2.24, 2.45) is 11.8 Å². The lowest BCUT2D eigenvalue weighted by Gasteiger charge is -2.42. The van der Waals surface area contributed by atoms with E-state index in [0.717, 1.165) is 12.8 Å². The van der Waals surface area contributed by atoms with E-state index in [2.05, 4.69) is 35.7 Å². The van der Waals surface area contributed by atoms with Gasteiger partial charge in [0.2, 0.25) is 0 Å².